The van der Waals surface area contributed by atoms with Crippen LogP contribution in [0, 0.1) is 6.08 Å². The Morgan fingerprint density at radius 2 is 1.89 bits per heavy atom. The summed E-state index contributed by atoms with van der Waals surface area (Å²) in [5.41, 5.74) is 3.67. The number of halogens is 4. The second kappa shape index (κ2) is 8.40. The van der Waals surface area contributed by atoms with E-state index in [1.165, 1.54) is 21.6 Å². The summed E-state index contributed by atoms with van der Waals surface area (Å²) >= 11 is 8.05. The molecule has 3 rings (SSSR count). The maximum atomic E-state index is 6.19. The van der Waals surface area contributed by atoms with Gasteiger partial charge in [0.1, 0.15) is 0 Å². The van der Waals surface area contributed by atoms with E-state index < -0.39 is 0 Å². The van der Waals surface area contributed by atoms with Crippen LogP contribution in [0.25, 0.3) is 5.57 Å². The van der Waals surface area contributed by atoms with Crippen molar-refractivity contribution in [2.45, 2.75) is 17.1 Å². The average molecular weight is 417 g/mol. The Balaban J connectivity index is 0. The minimum Gasteiger partial charge on any atom is -1.00 e. The molecule has 1 unspecified atom stereocenters. The van der Waals surface area contributed by atoms with Gasteiger partial charge in [-0.2, -0.15) is 17.7 Å². The van der Waals surface area contributed by atoms with E-state index >= 15 is 0 Å². The fraction of sp³-hybridized carbons (Fsp3) is 0.167. The van der Waals surface area contributed by atoms with Gasteiger partial charge in [-0.05, 0) is 15.2 Å². The Hall–Kier alpha value is 1.09. The third-order valence-electron chi connectivity index (χ3n) is 2.52. The molecule has 0 N–H and O–H groups in total. The molecule has 94 valence electrons. The van der Waals surface area contributed by atoms with Crippen LogP contribution in [-0.4, -0.2) is 5.25 Å². The van der Waals surface area contributed by atoms with Crippen LogP contribution in [0.4, 0.5) is 0 Å². The van der Waals surface area contributed by atoms with Crippen molar-refractivity contribution in [1.82, 2.24) is 0 Å². The number of hydrogen-bond acceptors (Lipinski definition) is 1. The molecule has 0 aromatic heterocycles. The minimum atomic E-state index is 0. The largest absolute Gasteiger partial charge is 4.00 e. The molecule has 0 saturated heterocycles. The molecule has 18 heavy (non-hydrogen) atoms. The molecule has 0 radical (unpaired) electrons. The molecule has 0 spiro atoms. The first kappa shape index (κ1) is 21.4. The first-order chi connectivity index (χ1) is 6.75. The van der Waals surface area contributed by atoms with Gasteiger partial charge in [0.2, 0.25) is 0 Å². The van der Waals surface area contributed by atoms with Gasteiger partial charge in [-0.3, -0.25) is 0 Å². The Kier molecular flexibility index (Phi) is 9.98. The maximum absolute atomic E-state index is 6.19. The summed E-state index contributed by atoms with van der Waals surface area (Å²) < 4.78 is 0. The predicted octanol–water partition coefficient (Wildman–Crippen LogP) is -5.03. The average Bonchev–Trinajstić information content (AvgIpc) is 2.60. The van der Waals surface area contributed by atoms with Gasteiger partial charge in [0.05, 0.1) is 0 Å². The van der Waals surface area contributed by atoms with E-state index in [1.807, 2.05) is 23.9 Å². The van der Waals surface area contributed by atoms with Crippen molar-refractivity contribution in [2.75, 3.05) is 0 Å². The topological polar surface area (TPSA) is 0 Å². The van der Waals surface area contributed by atoms with E-state index in [0.717, 1.165) is 5.02 Å². The van der Waals surface area contributed by atoms with Crippen molar-refractivity contribution in [3.05, 3.63) is 46.5 Å². The van der Waals surface area contributed by atoms with Crippen LogP contribution in [0.3, 0.4) is 0 Å². The number of allylic oxidation sites excluding steroid dienone is 2. The van der Waals surface area contributed by atoms with Crippen molar-refractivity contribution < 1.29 is 63.4 Å². The van der Waals surface area contributed by atoms with Gasteiger partial charge in [-0.25, -0.2) is 0 Å². The first-order valence-corrected chi connectivity index (χ1v) is 5.79. The van der Waals surface area contributed by atoms with Crippen molar-refractivity contribution in [1.29, 1.82) is 0 Å². The number of thioether (sulfide) groups is 1. The van der Waals surface area contributed by atoms with Gasteiger partial charge in [-0.15, -0.1) is 17.3 Å². The van der Waals surface area contributed by atoms with Crippen LogP contribution < -0.4 is 37.2 Å². The van der Waals surface area contributed by atoms with E-state index in [-0.39, 0.29) is 63.4 Å². The van der Waals surface area contributed by atoms with Gasteiger partial charge >= 0.3 is 26.2 Å². The molecule has 0 bridgehead atoms. The third-order valence-corrected chi connectivity index (χ3v) is 4.05. The maximum Gasteiger partial charge on any atom is 4.00 e. The number of benzene rings is 1. The quantitative estimate of drug-likeness (QED) is 0.381. The zero-order valence-electron chi connectivity index (χ0n) is 9.31. The summed E-state index contributed by atoms with van der Waals surface area (Å²) in [6.45, 7) is 2.09. The summed E-state index contributed by atoms with van der Waals surface area (Å²) in [6, 6.07) is 6.08. The van der Waals surface area contributed by atoms with Crippen molar-refractivity contribution in [3.8, 4) is 0 Å². The van der Waals surface area contributed by atoms with Crippen LogP contribution in [-0.2, 0) is 26.2 Å². The van der Waals surface area contributed by atoms with Gasteiger partial charge in [0, 0.05) is 0 Å². The molecule has 0 amide bonds. The summed E-state index contributed by atoms with van der Waals surface area (Å²) in [6.07, 6.45) is 5.63. The zero-order chi connectivity index (χ0) is 9.71. The van der Waals surface area contributed by atoms with Crippen molar-refractivity contribution >= 4 is 28.9 Å². The van der Waals surface area contributed by atoms with Crippen molar-refractivity contribution in [2.24, 2.45) is 0 Å². The van der Waals surface area contributed by atoms with Crippen LogP contribution in [0.1, 0.15) is 12.5 Å². The molecular formula is C12H8Cl4SZr. The number of hydrogen-bond donors (Lipinski definition) is 0. The van der Waals surface area contributed by atoms with E-state index in [4.69, 9.17) is 11.6 Å². The molecule has 1 heterocycles. The van der Waals surface area contributed by atoms with E-state index in [9.17, 15) is 0 Å². The fourth-order valence-electron chi connectivity index (χ4n) is 1.93. The Morgan fingerprint density at radius 1 is 1.22 bits per heavy atom. The van der Waals surface area contributed by atoms with Crippen molar-refractivity contribution in [3.63, 3.8) is 0 Å². The van der Waals surface area contributed by atoms with Crippen LogP contribution in [0.5, 0.6) is 0 Å². The molecular weight excluding hydrogens is 409 g/mol. The Bertz CT molecular complexity index is 485. The van der Waals surface area contributed by atoms with Gasteiger partial charge < -0.3 is 37.2 Å². The monoisotopic (exact) mass is 414 g/mol. The van der Waals surface area contributed by atoms with Gasteiger partial charge in [0.25, 0.3) is 0 Å². The normalized spacial score (nSPS) is 17.8. The minimum absolute atomic E-state index is 0. The molecule has 0 nitrogen and oxygen atoms in total. The SMILES string of the molecule is CC1=CC2Sc3cccc(Cl)c3C2=[C-]1.[Cl-].[Cl-].[Cl-].[Zr+4]. The molecule has 1 aromatic rings. The summed E-state index contributed by atoms with van der Waals surface area (Å²) in [4.78, 5) is 1.29. The smallest absolute Gasteiger partial charge is 1.00 e. The first-order valence-electron chi connectivity index (χ1n) is 4.53. The van der Waals surface area contributed by atoms with Crippen LogP contribution >= 0.6 is 23.4 Å². The molecule has 6 heteroatoms. The molecule has 1 aromatic carbocycles. The number of fused-ring (bicyclic) bond motifs is 3. The summed E-state index contributed by atoms with van der Waals surface area (Å²) in [5.74, 6) is 0. The van der Waals surface area contributed by atoms with E-state index in [0.29, 0.717) is 5.25 Å². The van der Waals surface area contributed by atoms with E-state index in [1.54, 1.807) is 0 Å². The number of rotatable bonds is 0. The Labute approximate surface area is 154 Å². The Morgan fingerprint density at radius 3 is 2.56 bits per heavy atom. The van der Waals surface area contributed by atoms with Crippen LogP contribution in [0.15, 0.2) is 34.7 Å². The molecule has 1 aliphatic heterocycles. The summed E-state index contributed by atoms with van der Waals surface area (Å²) in [5, 5.41) is 1.30. The molecule has 1 aliphatic carbocycles. The standard InChI is InChI=1S/C12H8ClS.3ClH.Zr/c1-7-5-8-11(6-7)14-10-4-2-3-9(13)12(8)10;;;;/h2-4,6,11H,1H3;3*1H;/q-1;;;;+4/p-3. The fourth-order valence-corrected chi connectivity index (χ4v) is 3.60. The third kappa shape index (κ3) is 3.59. The molecule has 0 saturated carbocycles. The van der Waals surface area contributed by atoms with Gasteiger partial charge in [0.15, 0.2) is 0 Å². The molecule has 2 aliphatic rings. The second-order valence-electron chi connectivity index (χ2n) is 3.54. The second-order valence-corrected chi connectivity index (χ2v) is 5.13. The summed E-state index contributed by atoms with van der Waals surface area (Å²) in [7, 11) is 0. The van der Waals surface area contributed by atoms with Crippen LogP contribution in [0.2, 0.25) is 5.02 Å². The molecule has 1 atom stereocenters. The van der Waals surface area contributed by atoms with Gasteiger partial charge in [-0.1, -0.05) is 42.3 Å². The molecule has 0 fully saturated rings. The predicted molar refractivity (Wildman–Crippen MR) is 61.5 cm³/mol. The zero-order valence-corrected chi connectivity index (χ0v) is 15.6. The van der Waals surface area contributed by atoms with E-state index in [2.05, 4.69) is 25.1 Å².